The molecule has 2 heterocycles. The van der Waals surface area contributed by atoms with Gasteiger partial charge in [-0.15, -0.1) is 12.4 Å². The Kier molecular flexibility index (Phi) is 4.57. The van der Waals surface area contributed by atoms with Crippen molar-refractivity contribution < 1.29 is 0 Å². The van der Waals surface area contributed by atoms with Gasteiger partial charge in [-0.1, -0.05) is 11.6 Å². The summed E-state index contributed by atoms with van der Waals surface area (Å²) in [7, 11) is 0. The van der Waals surface area contributed by atoms with Gasteiger partial charge in [-0.3, -0.25) is 0 Å². The summed E-state index contributed by atoms with van der Waals surface area (Å²) in [6, 6.07) is 0.415. The van der Waals surface area contributed by atoms with Crippen molar-refractivity contribution in [1.82, 2.24) is 15.3 Å². The van der Waals surface area contributed by atoms with Crippen LogP contribution in [0.15, 0.2) is 12.4 Å². The van der Waals surface area contributed by atoms with Gasteiger partial charge < -0.3 is 10.2 Å². The summed E-state index contributed by atoms with van der Waals surface area (Å²) in [6.07, 6.45) is 3.29. The third-order valence-electron chi connectivity index (χ3n) is 2.41. The number of piperazine rings is 1. The van der Waals surface area contributed by atoms with Gasteiger partial charge in [0.25, 0.3) is 0 Å². The molecule has 0 unspecified atom stereocenters. The third kappa shape index (κ3) is 2.71. The van der Waals surface area contributed by atoms with E-state index in [2.05, 4.69) is 27.1 Å². The van der Waals surface area contributed by atoms with E-state index in [9.17, 15) is 0 Å². The normalized spacial score (nSPS) is 20.9. The van der Waals surface area contributed by atoms with Crippen LogP contribution >= 0.6 is 24.0 Å². The first-order valence-corrected chi connectivity index (χ1v) is 5.10. The van der Waals surface area contributed by atoms with Crippen LogP contribution in [-0.2, 0) is 0 Å². The van der Waals surface area contributed by atoms with Crippen molar-refractivity contribution in [2.24, 2.45) is 0 Å². The van der Waals surface area contributed by atoms with Crippen molar-refractivity contribution in [2.45, 2.75) is 13.0 Å². The highest BCUT2D eigenvalue weighted by Gasteiger charge is 2.21. The van der Waals surface area contributed by atoms with Gasteiger partial charge in [-0.05, 0) is 6.92 Å². The molecule has 0 amide bonds. The van der Waals surface area contributed by atoms with Crippen LogP contribution in [0.4, 0.5) is 5.82 Å². The molecule has 15 heavy (non-hydrogen) atoms. The van der Waals surface area contributed by atoms with Crippen LogP contribution in [0.5, 0.6) is 0 Å². The molecule has 6 heteroatoms. The van der Waals surface area contributed by atoms with Crippen LogP contribution in [-0.4, -0.2) is 35.6 Å². The topological polar surface area (TPSA) is 41.0 Å². The molecule has 1 aromatic rings. The van der Waals surface area contributed by atoms with Crippen LogP contribution in [0, 0.1) is 0 Å². The standard InChI is InChI=1S/C9H13ClN4.ClH/c1-7-6-11-4-5-14(7)9-8(10)12-2-3-13-9;/h2-3,7,11H,4-6H2,1H3;1H/t7-;/m1./s1. The fraction of sp³-hybridized carbons (Fsp3) is 0.556. The van der Waals surface area contributed by atoms with Gasteiger partial charge in [0.2, 0.25) is 0 Å². The molecule has 2 rings (SSSR count). The second kappa shape index (κ2) is 5.49. The number of halogens is 2. The van der Waals surface area contributed by atoms with E-state index < -0.39 is 0 Å². The number of rotatable bonds is 1. The molecule has 1 fully saturated rings. The first-order chi connectivity index (χ1) is 6.79. The molecule has 0 bridgehead atoms. The van der Waals surface area contributed by atoms with Crippen molar-refractivity contribution in [3.05, 3.63) is 17.5 Å². The quantitative estimate of drug-likeness (QED) is 0.815. The molecular weight excluding hydrogens is 235 g/mol. The molecule has 0 spiro atoms. The molecule has 1 aliphatic heterocycles. The molecule has 4 nitrogen and oxygen atoms in total. The van der Waals surface area contributed by atoms with E-state index in [1.807, 2.05) is 0 Å². The van der Waals surface area contributed by atoms with Crippen molar-refractivity contribution >= 4 is 29.8 Å². The zero-order chi connectivity index (χ0) is 9.97. The summed E-state index contributed by atoms with van der Waals surface area (Å²) in [5, 5.41) is 3.81. The van der Waals surface area contributed by atoms with E-state index in [0.29, 0.717) is 11.2 Å². The van der Waals surface area contributed by atoms with Crippen LogP contribution in [0.3, 0.4) is 0 Å². The summed E-state index contributed by atoms with van der Waals surface area (Å²) in [5.74, 6) is 0.795. The van der Waals surface area contributed by atoms with Crippen LogP contribution in [0.2, 0.25) is 5.15 Å². The van der Waals surface area contributed by atoms with Gasteiger partial charge in [0.15, 0.2) is 11.0 Å². The SMILES string of the molecule is C[C@@H]1CNCCN1c1nccnc1Cl.Cl. The summed E-state index contributed by atoms with van der Waals surface area (Å²) in [6.45, 7) is 5.01. The van der Waals surface area contributed by atoms with Crippen molar-refractivity contribution in [3.8, 4) is 0 Å². The molecule has 0 saturated carbocycles. The maximum absolute atomic E-state index is 5.99. The zero-order valence-corrected chi connectivity index (χ0v) is 10.1. The lowest BCUT2D eigenvalue weighted by molar-refractivity contribution is 0.496. The molecule has 84 valence electrons. The number of anilines is 1. The average Bonchev–Trinajstić information content (AvgIpc) is 2.20. The second-order valence-corrected chi connectivity index (χ2v) is 3.78. The van der Waals surface area contributed by atoms with E-state index >= 15 is 0 Å². The van der Waals surface area contributed by atoms with Gasteiger partial charge >= 0.3 is 0 Å². The smallest absolute Gasteiger partial charge is 0.171 e. The Morgan fingerprint density at radius 3 is 2.87 bits per heavy atom. The number of nitrogens with zero attached hydrogens (tertiary/aromatic N) is 3. The number of hydrogen-bond donors (Lipinski definition) is 1. The lowest BCUT2D eigenvalue weighted by Gasteiger charge is -2.34. The highest BCUT2D eigenvalue weighted by molar-refractivity contribution is 6.31. The molecule has 1 N–H and O–H groups in total. The number of aromatic nitrogens is 2. The van der Waals surface area contributed by atoms with E-state index in [0.717, 1.165) is 25.5 Å². The number of hydrogen-bond acceptors (Lipinski definition) is 4. The third-order valence-corrected chi connectivity index (χ3v) is 2.68. The lowest BCUT2D eigenvalue weighted by atomic mass is 10.2. The Bertz CT molecular complexity index is 321. The van der Waals surface area contributed by atoms with Gasteiger partial charge in [0.1, 0.15) is 0 Å². The van der Waals surface area contributed by atoms with Gasteiger partial charge in [-0.2, -0.15) is 0 Å². The minimum Gasteiger partial charge on any atom is -0.349 e. The van der Waals surface area contributed by atoms with E-state index in [-0.39, 0.29) is 12.4 Å². The second-order valence-electron chi connectivity index (χ2n) is 3.42. The Labute approximate surface area is 100 Å². The van der Waals surface area contributed by atoms with Gasteiger partial charge in [0.05, 0.1) is 0 Å². The number of nitrogens with one attached hydrogen (secondary N) is 1. The Hall–Kier alpha value is -0.580. The van der Waals surface area contributed by atoms with Crippen LogP contribution in [0.1, 0.15) is 6.92 Å². The molecule has 1 aromatic heterocycles. The highest BCUT2D eigenvalue weighted by Crippen LogP contribution is 2.22. The molecule has 1 saturated heterocycles. The maximum Gasteiger partial charge on any atom is 0.171 e. The van der Waals surface area contributed by atoms with E-state index in [1.54, 1.807) is 12.4 Å². The van der Waals surface area contributed by atoms with Crippen molar-refractivity contribution in [1.29, 1.82) is 0 Å². The summed E-state index contributed by atoms with van der Waals surface area (Å²) in [4.78, 5) is 10.5. The Morgan fingerprint density at radius 1 is 1.47 bits per heavy atom. The first-order valence-electron chi connectivity index (χ1n) is 4.73. The molecule has 1 atom stereocenters. The largest absolute Gasteiger partial charge is 0.349 e. The molecule has 0 aromatic carbocycles. The van der Waals surface area contributed by atoms with Crippen LogP contribution < -0.4 is 10.2 Å². The van der Waals surface area contributed by atoms with Gasteiger partial charge in [-0.25, -0.2) is 9.97 Å². The van der Waals surface area contributed by atoms with Crippen molar-refractivity contribution in [2.75, 3.05) is 24.5 Å². The summed E-state index contributed by atoms with van der Waals surface area (Å²) >= 11 is 5.99. The Morgan fingerprint density at radius 2 is 2.20 bits per heavy atom. The molecule has 0 radical (unpaired) electrons. The predicted octanol–water partition coefficient (Wildman–Crippen LogP) is 1.35. The molecular formula is C9H14Cl2N4. The minimum atomic E-state index is 0. The van der Waals surface area contributed by atoms with Crippen molar-refractivity contribution in [3.63, 3.8) is 0 Å². The van der Waals surface area contributed by atoms with Crippen LogP contribution in [0.25, 0.3) is 0 Å². The highest BCUT2D eigenvalue weighted by atomic mass is 35.5. The average molecular weight is 249 g/mol. The zero-order valence-electron chi connectivity index (χ0n) is 8.48. The fourth-order valence-electron chi connectivity index (χ4n) is 1.66. The Balaban J connectivity index is 0.00000112. The minimum absolute atomic E-state index is 0. The monoisotopic (exact) mass is 248 g/mol. The predicted molar refractivity (Wildman–Crippen MR) is 64.0 cm³/mol. The van der Waals surface area contributed by atoms with Gasteiger partial charge in [0, 0.05) is 38.1 Å². The summed E-state index contributed by atoms with van der Waals surface area (Å²) < 4.78 is 0. The molecule has 0 aliphatic carbocycles. The maximum atomic E-state index is 5.99. The molecule has 1 aliphatic rings. The lowest BCUT2D eigenvalue weighted by Crippen LogP contribution is -2.50. The van der Waals surface area contributed by atoms with E-state index in [1.165, 1.54) is 0 Å². The van der Waals surface area contributed by atoms with E-state index in [4.69, 9.17) is 11.6 Å². The summed E-state index contributed by atoms with van der Waals surface area (Å²) in [5.41, 5.74) is 0. The first kappa shape index (κ1) is 12.5. The fourth-order valence-corrected chi connectivity index (χ4v) is 1.88.